The van der Waals surface area contributed by atoms with Crippen molar-refractivity contribution in [1.29, 1.82) is 0 Å². The number of fused-ring (bicyclic) bond motifs is 2. The minimum Gasteiger partial charge on any atom is -0.304 e. The summed E-state index contributed by atoms with van der Waals surface area (Å²) in [4.78, 5) is 25.9. The van der Waals surface area contributed by atoms with Crippen LogP contribution in [0.3, 0.4) is 0 Å². The van der Waals surface area contributed by atoms with E-state index in [1.807, 2.05) is 0 Å². The summed E-state index contributed by atoms with van der Waals surface area (Å²) in [6, 6.07) is 11.2. The Hall–Kier alpha value is -3.73. The summed E-state index contributed by atoms with van der Waals surface area (Å²) < 4.78 is 81.6. The molecule has 0 aliphatic carbocycles. The second-order valence-electron chi connectivity index (χ2n) is 7.89. The van der Waals surface area contributed by atoms with E-state index in [0.717, 1.165) is 29.2 Å². The standard InChI is InChI=1S/C23H14F4N2O4S/c24-16-7-5-13(9-18(16)26)11-28-20-4-2-1-3-15(20)23(22(28)31)29(21(30)12-34(23,32)33)14-6-8-17(25)19(27)10-14/h1-10H,11-12H2. The first-order valence-electron chi connectivity index (χ1n) is 9.94. The average molecular weight is 490 g/mol. The van der Waals surface area contributed by atoms with Gasteiger partial charge in [-0.25, -0.2) is 26.0 Å². The Morgan fingerprint density at radius 2 is 1.47 bits per heavy atom. The van der Waals surface area contributed by atoms with Crippen LogP contribution in [0.25, 0.3) is 0 Å². The van der Waals surface area contributed by atoms with Crippen molar-refractivity contribution in [2.45, 2.75) is 11.4 Å². The van der Waals surface area contributed by atoms with Gasteiger partial charge < -0.3 is 4.90 Å². The Morgan fingerprint density at radius 1 is 0.824 bits per heavy atom. The van der Waals surface area contributed by atoms with Crippen molar-refractivity contribution in [2.24, 2.45) is 0 Å². The molecule has 3 aromatic carbocycles. The van der Waals surface area contributed by atoms with Crippen molar-refractivity contribution in [3.63, 3.8) is 0 Å². The van der Waals surface area contributed by atoms with Crippen LogP contribution in [0.1, 0.15) is 11.1 Å². The fourth-order valence-electron chi connectivity index (χ4n) is 4.49. The monoisotopic (exact) mass is 490 g/mol. The number of anilines is 2. The van der Waals surface area contributed by atoms with E-state index in [1.165, 1.54) is 30.3 Å². The topological polar surface area (TPSA) is 74.8 Å². The number of carbonyl (C=O) groups is 2. The third-order valence-corrected chi connectivity index (χ3v) is 8.01. The molecule has 5 rings (SSSR count). The molecule has 0 radical (unpaired) electrons. The van der Waals surface area contributed by atoms with E-state index in [1.54, 1.807) is 0 Å². The molecule has 34 heavy (non-hydrogen) atoms. The summed E-state index contributed by atoms with van der Waals surface area (Å²) in [5.74, 6) is -7.88. The summed E-state index contributed by atoms with van der Waals surface area (Å²) >= 11 is 0. The lowest BCUT2D eigenvalue weighted by Gasteiger charge is -2.32. The van der Waals surface area contributed by atoms with Crippen molar-refractivity contribution in [3.8, 4) is 0 Å². The number of rotatable bonds is 3. The SMILES string of the molecule is O=C1CS(=O)(=O)C2(C(=O)N(Cc3ccc(F)c(F)c3)c3ccccc32)N1c1ccc(F)c(F)c1. The fourth-order valence-corrected chi connectivity index (χ4v) is 6.53. The van der Waals surface area contributed by atoms with Crippen LogP contribution in [-0.4, -0.2) is 26.0 Å². The number of benzene rings is 3. The van der Waals surface area contributed by atoms with Gasteiger partial charge in [-0.1, -0.05) is 24.3 Å². The predicted molar refractivity (Wildman–Crippen MR) is 113 cm³/mol. The molecule has 1 fully saturated rings. The van der Waals surface area contributed by atoms with Crippen LogP contribution in [0.2, 0.25) is 0 Å². The maximum atomic E-state index is 14.0. The number of sulfone groups is 1. The molecule has 1 saturated heterocycles. The Labute approximate surface area is 190 Å². The molecular formula is C23H14F4N2O4S. The highest BCUT2D eigenvalue weighted by Crippen LogP contribution is 2.52. The summed E-state index contributed by atoms with van der Waals surface area (Å²) in [5.41, 5.74) is -0.0794. The Bertz CT molecular complexity index is 1490. The molecule has 1 unspecified atom stereocenters. The number of amides is 2. The third kappa shape index (κ3) is 2.89. The minimum absolute atomic E-state index is 0.0573. The van der Waals surface area contributed by atoms with Gasteiger partial charge in [-0.2, -0.15) is 0 Å². The van der Waals surface area contributed by atoms with Crippen molar-refractivity contribution in [1.82, 2.24) is 0 Å². The fraction of sp³-hybridized carbons (Fsp3) is 0.130. The van der Waals surface area contributed by atoms with Gasteiger partial charge in [0, 0.05) is 17.3 Å². The van der Waals surface area contributed by atoms with Gasteiger partial charge in [0.2, 0.25) is 5.91 Å². The summed E-state index contributed by atoms with van der Waals surface area (Å²) in [6.07, 6.45) is 0. The lowest BCUT2D eigenvalue weighted by Crippen LogP contribution is -2.54. The van der Waals surface area contributed by atoms with E-state index in [0.29, 0.717) is 11.0 Å². The van der Waals surface area contributed by atoms with E-state index < -0.39 is 55.5 Å². The van der Waals surface area contributed by atoms with Gasteiger partial charge in [0.1, 0.15) is 5.75 Å². The number of nitrogens with zero attached hydrogens (tertiary/aromatic N) is 2. The Morgan fingerprint density at radius 3 is 2.15 bits per heavy atom. The van der Waals surface area contributed by atoms with Gasteiger partial charge >= 0.3 is 0 Å². The average Bonchev–Trinajstić information content (AvgIpc) is 3.15. The lowest BCUT2D eigenvalue weighted by molar-refractivity contribution is -0.123. The van der Waals surface area contributed by atoms with Crippen LogP contribution in [0.4, 0.5) is 28.9 Å². The molecule has 1 spiro atoms. The second kappa shape index (κ2) is 7.39. The van der Waals surface area contributed by atoms with E-state index in [-0.39, 0.29) is 29.0 Å². The predicted octanol–water partition coefficient (Wildman–Crippen LogP) is 3.40. The van der Waals surface area contributed by atoms with Gasteiger partial charge in [-0.3, -0.25) is 14.5 Å². The number of halogens is 4. The maximum Gasteiger partial charge on any atom is 0.274 e. The molecule has 0 saturated carbocycles. The maximum absolute atomic E-state index is 14.0. The molecule has 174 valence electrons. The molecule has 1 atom stereocenters. The van der Waals surface area contributed by atoms with Crippen LogP contribution >= 0.6 is 0 Å². The van der Waals surface area contributed by atoms with Gasteiger partial charge in [0.15, 0.2) is 33.1 Å². The quantitative estimate of drug-likeness (QED) is 0.528. The number of para-hydroxylation sites is 1. The molecular weight excluding hydrogens is 476 g/mol. The van der Waals surface area contributed by atoms with Crippen LogP contribution in [0.5, 0.6) is 0 Å². The highest BCUT2D eigenvalue weighted by molar-refractivity contribution is 7.94. The molecule has 2 amide bonds. The molecule has 2 aliphatic rings. The molecule has 2 heterocycles. The first-order valence-corrected chi connectivity index (χ1v) is 11.6. The molecule has 0 N–H and O–H groups in total. The van der Waals surface area contributed by atoms with Gasteiger partial charge in [0.05, 0.1) is 12.2 Å². The van der Waals surface area contributed by atoms with Crippen molar-refractivity contribution >= 4 is 33.0 Å². The second-order valence-corrected chi connectivity index (χ2v) is 10.00. The molecule has 2 aliphatic heterocycles. The zero-order valence-electron chi connectivity index (χ0n) is 17.1. The van der Waals surface area contributed by atoms with Crippen LogP contribution in [0.15, 0.2) is 60.7 Å². The first kappa shape index (κ1) is 22.1. The van der Waals surface area contributed by atoms with Gasteiger partial charge in [-0.05, 0) is 35.9 Å². The zero-order chi connectivity index (χ0) is 24.4. The molecule has 11 heteroatoms. The summed E-state index contributed by atoms with van der Waals surface area (Å²) in [5, 5.41) is 0. The summed E-state index contributed by atoms with van der Waals surface area (Å²) in [7, 11) is -4.52. The van der Waals surface area contributed by atoms with E-state index in [2.05, 4.69) is 0 Å². The zero-order valence-corrected chi connectivity index (χ0v) is 18.0. The van der Waals surface area contributed by atoms with Gasteiger partial charge in [-0.15, -0.1) is 0 Å². The van der Waals surface area contributed by atoms with E-state index in [4.69, 9.17) is 0 Å². The largest absolute Gasteiger partial charge is 0.304 e. The summed E-state index contributed by atoms with van der Waals surface area (Å²) in [6.45, 7) is -0.329. The van der Waals surface area contributed by atoms with Crippen LogP contribution in [0, 0.1) is 23.3 Å². The number of hydrogen-bond donors (Lipinski definition) is 0. The van der Waals surface area contributed by atoms with E-state index in [9.17, 15) is 35.6 Å². The van der Waals surface area contributed by atoms with Crippen LogP contribution in [-0.2, 0) is 30.8 Å². The smallest absolute Gasteiger partial charge is 0.274 e. The first-order chi connectivity index (χ1) is 16.1. The normalized spacial score (nSPS) is 20.9. The Balaban J connectivity index is 1.73. The molecule has 0 aromatic heterocycles. The molecule has 3 aromatic rings. The van der Waals surface area contributed by atoms with Crippen molar-refractivity contribution < 1.29 is 35.6 Å². The van der Waals surface area contributed by atoms with E-state index >= 15 is 0 Å². The van der Waals surface area contributed by atoms with Crippen molar-refractivity contribution in [2.75, 3.05) is 15.6 Å². The highest BCUT2D eigenvalue weighted by Gasteiger charge is 2.69. The lowest BCUT2D eigenvalue weighted by atomic mass is 10.0. The number of hydrogen-bond acceptors (Lipinski definition) is 4. The van der Waals surface area contributed by atoms with Gasteiger partial charge in [0.25, 0.3) is 10.8 Å². The third-order valence-electron chi connectivity index (χ3n) is 5.91. The van der Waals surface area contributed by atoms with Crippen LogP contribution < -0.4 is 9.80 Å². The minimum atomic E-state index is -4.52. The Kier molecular flexibility index (Phi) is 4.80. The van der Waals surface area contributed by atoms with Crippen molar-refractivity contribution in [3.05, 3.63) is 95.1 Å². The highest BCUT2D eigenvalue weighted by atomic mass is 32.2. The number of carbonyl (C=O) groups excluding carboxylic acids is 2. The molecule has 6 nitrogen and oxygen atoms in total. The molecule has 0 bridgehead atoms.